The predicted molar refractivity (Wildman–Crippen MR) is 131 cm³/mol. The number of halogens is 1. The summed E-state index contributed by atoms with van der Waals surface area (Å²) in [6.45, 7) is -0.0326. The van der Waals surface area contributed by atoms with Gasteiger partial charge in [0.25, 0.3) is 0 Å². The Morgan fingerprint density at radius 2 is 1.97 bits per heavy atom. The van der Waals surface area contributed by atoms with Gasteiger partial charge in [-0.3, -0.25) is 0 Å². The number of fused-ring (bicyclic) bond motifs is 2. The highest BCUT2D eigenvalue weighted by molar-refractivity contribution is 7.89. The molecule has 9 heteroatoms. The van der Waals surface area contributed by atoms with E-state index < -0.39 is 21.9 Å². The fourth-order valence-corrected chi connectivity index (χ4v) is 5.92. The van der Waals surface area contributed by atoms with E-state index in [9.17, 15) is 17.9 Å². The van der Waals surface area contributed by atoms with Crippen molar-refractivity contribution in [3.05, 3.63) is 77.7 Å². The van der Waals surface area contributed by atoms with Gasteiger partial charge in [0.2, 0.25) is 10.0 Å². The zero-order valence-corrected chi connectivity index (χ0v) is 19.9. The van der Waals surface area contributed by atoms with Crippen molar-refractivity contribution in [2.75, 3.05) is 20.3 Å². The number of ether oxygens (including phenoxy) is 2. The minimum absolute atomic E-state index is 0.0388. The third kappa shape index (κ3) is 4.62. The van der Waals surface area contributed by atoms with Gasteiger partial charge >= 0.3 is 0 Å². The third-order valence-corrected chi connectivity index (χ3v) is 7.69. The summed E-state index contributed by atoms with van der Waals surface area (Å²) in [5, 5.41) is 11.0. The van der Waals surface area contributed by atoms with Crippen molar-refractivity contribution in [2.24, 2.45) is 0 Å². The lowest BCUT2D eigenvalue weighted by Gasteiger charge is -2.18. The van der Waals surface area contributed by atoms with E-state index in [1.54, 1.807) is 6.07 Å². The van der Waals surface area contributed by atoms with Gasteiger partial charge in [-0.1, -0.05) is 18.2 Å². The second-order valence-corrected chi connectivity index (χ2v) is 10.2. The number of hydrogen-bond donors (Lipinski definition) is 3. The summed E-state index contributed by atoms with van der Waals surface area (Å²) in [7, 11) is -2.64. The average Bonchev–Trinajstić information content (AvgIpc) is 3.49. The molecule has 1 aliphatic heterocycles. The first kappa shape index (κ1) is 23.3. The number of rotatable bonds is 8. The number of hydrogen-bond acceptors (Lipinski definition) is 5. The summed E-state index contributed by atoms with van der Waals surface area (Å²) in [4.78, 5) is 3.13. The van der Waals surface area contributed by atoms with Crippen LogP contribution in [0.1, 0.15) is 11.1 Å². The number of aromatic nitrogens is 1. The highest BCUT2D eigenvalue weighted by atomic mass is 32.2. The molecule has 0 spiro atoms. The zero-order chi connectivity index (χ0) is 24.6. The molecule has 0 bridgehead atoms. The normalized spacial score (nSPS) is 14.0. The highest BCUT2D eigenvalue weighted by Crippen LogP contribution is 2.38. The third-order valence-electron chi connectivity index (χ3n) is 6.16. The molecule has 2 heterocycles. The van der Waals surface area contributed by atoms with E-state index in [0.717, 1.165) is 22.0 Å². The van der Waals surface area contributed by atoms with Gasteiger partial charge < -0.3 is 19.6 Å². The van der Waals surface area contributed by atoms with Crippen molar-refractivity contribution >= 4 is 20.9 Å². The van der Waals surface area contributed by atoms with Gasteiger partial charge in [0, 0.05) is 35.6 Å². The number of aliphatic hydroxyl groups is 1. The number of aliphatic hydroxyl groups excluding tert-OH is 1. The Labute approximate surface area is 202 Å². The number of H-pyrrole nitrogens is 1. The Morgan fingerprint density at radius 3 is 2.77 bits per heavy atom. The molecular weight excluding hydrogens is 471 g/mol. The predicted octanol–water partition coefficient (Wildman–Crippen LogP) is 3.80. The van der Waals surface area contributed by atoms with Gasteiger partial charge in [0.15, 0.2) is 0 Å². The zero-order valence-electron chi connectivity index (χ0n) is 19.0. The molecule has 3 aromatic carbocycles. The Kier molecular flexibility index (Phi) is 6.22. The first-order chi connectivity index (χ1) is 16.9. The van der Waals surface area contributed by atoms with Gasteiger partial charge in [0.1, 0.15) is 22.2 Å². The molecule has 4 aromatic rings. The molecule has 1 atom stereocenters. The summed E-state index contributed by atoms with van der Waals surface area (Å²) in [5.41, 5.74) is 3.58. The van der Waals surface area contributed by atoms with Crippen LogP contribution in [0, 0.1) is 5.82 Å². The molecular formula is C26H25FN2O5S. The van der Waals surface area contributed by atoms with Crippen LogP contribution in [0.5, 0.6) is 11.5 Å². The van der Waals surface area contributed by atoms with Crippen molar-refractivity contribution in [3.8, 4) is 22.6 Å². The van der Waals surface area contributed by atoms with E-state index in [4.69, 9.17) is 9.47 Å². The van der Waals surface area contributed by atoms with Crippen LogP contribution in [0.15, 0.2) is 65.7 Å². The SMILES string of the molecule is COc1cc(F)cc(-c2cc3c(c(S(=O)(=O)N[C@@H](CO)Cc4c[nH]c5ccccc45)c2)OCC3)c1. The Hall–Kier alpha value is -3.40. The second kappa shape index (κ2) is 9.33. The molecule has 0 radical (unpaired) electrons. The van der Waals surface area contributed by atoms with Crippen LogP contribution in [0.25, 0.3) is 22.0 Å². The maximum atomic E-state index is 14.2. The van der Waals surface area contributed by atoms with E-state index in [1.807, 2.05) is 36.5 Å². The lowest BCUT2D eigenvalue weighted by molar-refractivity contribution is 0.256. The van der Waals surface area contributed by atoms with Crippen LogP contribution in [0.3, 0.4) is 0 Å². The molecule has 0 saturated carbocycles. The van der Waals surface area contributed by atoms with E-state index in [-0.39, 0.29) is 17.3 Å². The van der Waals surface area contributed by atoms with Crippen LogP contribution in [-0.4, -0.2) is 44.9 Å². The number of benzene rings is 3. The van der Waals surface area contributed by atoms with Crippen molar-refractivity contribution in [2.45, 2.75) is 23.8 Å². The highest BCUT2D eigenvalue weighted by Gasteiger charge is 2.29. The van der Waals surface area contributed by atoms with Crippen molar-refractivity contribution in [1.82, 2.24) is 9.71 Å². The standard InChI is InChI=1S/C26H25FN2O5S/c1-33-22-11-18(9-20(27)13-22)17-8-16-6-7-34-26(16)25(12-17)35(31,32)29-21(15-30)10-19-14-28-24-5-3-2-4-23(19)24/h2-5,8-9,11-14,21,28-30H,6-7,10,15H2,1H3/t21-/m1/s1. The molecule has 0 amide bonds. The second-order valence-electron chi connectivity index (χ2n) is 8.51. The smallest absolute Gasteiger partial charge is 0.244 e. The van der Waals surface area contributed by atoms with Gasteiger partial charge in [-0.25, -0.2) is 17.5 Å². The monoisotopic (exact) mass is 496 g/mol. The Bertz CT molecular complexity index is 1500. The van der Waals surface area contributed by atoms with Crippen molar-refractivity contribution in [1.29, 1.82) is 0 Å². The Morgan fingerprint density at radius 1 is 1.17 bits per heavy atom. The van der Waals surface area contributed by atoms with Crippen LogP contribution in [0.4, 0.5) is 4.39 Å². The number of sulfonamides is 1. The van der Waals surface area contributed by atoms with Crippen LogP contribution >= 0.6 is 0 Å². The van der Waals surface area contributed by atoms with E-state index in [2.05, 4.69) is 9.71 Å². The number of methoxy groups -OCH3 is 1. The summed E-state index contributed by atoms with van der Waals surface area (Å²) in [5.74, 6) is 0.129. The van der Waals surface area contributed by atoms with E-state index in [0.29, 0.717) is 36.3 Å². The summed E-state index contributed by atoms with van der Waals surface area (Å²) in [6.07, 6.45) is 2.65. The van der Waals surface area contributed by atoms with Gasteiger partial charge in [-0.15, -0.1) is 0 Å². The fraction of sp³-hybridized carbons (Fsp3) is 0.231. The van der Waals surface area contributed by atoms with Crippen molar-refractivity contribution in [3.63, 3.8) is 0 Å². The molecule has 0 aliphatic carbocycles. The minimum Gasteiger partial charge on any atom is -0.497 e. The number of aromatic amines is 1. The van der Waals surface area contributed by atoms with Gasteiger partial charge in [-0.05, 0) is 59.0 Å². The van der Waals surface area contributed by atoms with Crippen molar-refractivity contribution < 1.29 is 27.4 Å². The van der Waals surface area contributed by atoms with Gasteiger partial charge in [-0.2, -0.15) is 0 Å². The average molecular weight is 497 g/mol. The summed E-state index contributed by atoms with van der Waals surface area (Å²) < 4.78 is 54.7. The minimum atomic E-state index is -4.08. The maximum Gasteiger partial charge on any atom is 0.244 e. The molecule has 35 heavy (non-hydrogen) atoms. The molecule has 3 N–H and O–H groups in total. The van der Waals surface area contributed by atoms with E-state index >= 15 is 0 Å². The molecule has 1 aliphatic rings. The number of nitrogens with one attached hydrogen (secondary N) is 2. The van der Waals surface area contributed by atoms with Crippen LogP contribution < -0.4 is 14.2 Å². The lowest BCUT2D eigenvalue weighted by atomic mass is 10.0. The summed E-state index contributed by atoms with van der Waals surface area (Å²) in [6, 6.07) is 14.5. The molecule has 0 saturated heterocycles. The molecule has 0 unspecified atom stereocenters. The first-order valence-corrected chi connectivity index (χ1v) is 12.7. The lowest BCUT2D eigenvalue weighted by Crippen LogP contribution is -2.39. The number of para-hydroxylation sites is 1. The molecule has 1 aromatic heterocycles. The quantitative estimate of drug-likeness (QED) is 0.345. The molecule has 7 nitrogen and oxygen atoms in total. The Balaban J connectivity index is 1.50. The fourth-order valence-electron chi connectivity index (χ4n) is 4.48. The molecule has 182 valence electrons. The van der Waals surface area contributed by atoms with E-state index in [1.165, 1.54) is 25.3 Å². The molecule has 5 rings (SSSR count). The van der Waals surface area contributed by atoms with Crippen LogP contribution in [-0.2, 0) is 22.9 Å². The van der Waals surface area contributed by atoms with Gasteiger partial charge in [0.05, 0.1) is 20.3 Å². The summed E-state index contributed by atoms with van der Waals surface area (Å²) >= 11 is 0. The first-order valence-electron chi connectivity index (χ1n) is 11.2. The molecule has 0 fully saturated rings. The largest absolute Gasteiger partial charge is 0.497 e. The topological polar surface area (TPSA) is 101 Å². The van der Waals surface area contributed by atoms with Crippen LogP contribution in [0.2, 0.25) is 0 Å². The maximum absolute atomic E-state index is 14.2.